The Morgan fingerprint density at radius 3 is 2.60 bits per heavy atom. The van der Waals surface area contributed by atoms with Gasteiger partial charge in [0.15, 0.2) is 28.2 Å². The average Bonchev–Trinajstić information content (AvgIpc) is 3.92. The van der Waals surface area contributed by atoms with Crippen LogP contribution in [-0.2, 0) is 17.5 Å². The highest BCUT2D eigenvalue weighted by molar-refractivity contribution is 7.99. The second-order valence-corrected chi connectivity index (χ2v) is 12.2. The first-order valence-corrected chi connectivity index (χ1v) is 16.2. The number of rotatable bonds is 11. The number of benzene rings is 2. The number of carbonyl (C=O) groups is 2. The summed E-state index contributed by atoms with van der Waals surface area (Å²) in [5.74, 6) is 0.0618. The third kappa shape index (κ3) is 6.80. The maximum Gasteiger partial charge on any atom is 0.416 e. The molecule has 48 heavy (non-hydrogen) atoms. The van der Waals surface area contributed by atoms with E-state index in [1.54, 1.807) is 18.2 Å². The van der Waals surface area contributed by atoms with Gasteiger partial charge < -0.3 is 19.2 Å². The molecule has 1 aliphatic rings. The second-order valence-electron chi connectivity index (χ2n) is 10.3. The largest absolute Gasteiger partial charge is 0.493 e. The zero-order chi connectivity index (χ0) is 33.8. The molecule has 16 heteroatoms. The van der Waals surface area contributed by atoms with Crippen molar-refractivity contribution < 1.29 is 36.7 Å². The second kappa shape index (κ2) is 13.9. The van der Waals surface area contributed by atoms with E-state index in [0.717, 1.165) is 34.5 Å². The highest BCUT2D eigenvalue weighted by Gasteiger charge is 2.36. The van der Waals surface area contributed by atoms with Gasteiger partial charge in [0.1, 0.15) is 0 Å². The van der Waals surface area contributed by atoms with Crippen LogP contribution in [0.2, 0.25) is 0 Å². The lowest BCUT2D eigenvalue weighted by Crippen LogP contribution is -2.29. The van der Waals surface area contributed by atoms with Crippen LogP contribution in [0, 0.1) is 0 Å². The number of hydrogen-bond acceptors (Lipinski definition) is 10. The first-order chi connectivity index (χ1) is 23.2. The Hall–Kier alpha value is -5.09. The molecule has 5 aromatic rings. The molecule has 0 bridgehead atoms. The van der Waals surface area contributed by atoms with Crippen molar-refractivity contribution in [3.63, 3.8) is 0 Å². The van der Waals surface area contributed by atoms with Crippen molar-refractivity contribution in [3.05, 3.63) is 106 Å². The van der Waals surface area contributed by atoms with E-state index in [-0.39, 0.29) is 40.6 Å². The summed E-state index contributed by atoms with van der Waals surface area (Å²) in [6.45, 7) is -0.185. The summed E-state index contributed by atoms with van der Waals surface area (Å²) >= 11 is 2.48. The molecule has 3 aromatic heterocycles. The molecule has 6 rings (SSSR count). The molecule has 1 atom stereocenters. The number of thiophene rings is 1. The van der Waals surface area contributed by atoms with Gasteiger partial charge in [0.25, 0.3) is 11.8 Å². The van der Waals surface area contributed by atoms with Crippen molar-refractivity contribution in [3.8, 4) is 17.2 Å². The Labute approximate surface area is 280 Å². The van der Waals surface area contributed by atoms with E-state index in [2.05, 4.69) is 15.5 Å². The van der Waals surface area contributed by atoms with Crippen LogP contribution in [0.4, 0.5) is 13.2 Å². The Morgan fingerprint density at radius 2 is 1.90 bits per heavy atom. The van der Waals surface area contributed by atoms with E-state index in [0.29, 0.717) is 23.5 Å². The summed E-state index contributed by atoms with van der Waals surface area (Å²) in [4.78, 5) is 27.4. The van der Waals surface area contributed by atoms with Crippen LogP contribution in [0.1, 0.15) is 44.8 Å². The molecule has 1 aliphatic heterocycles. The molecule has 0 unspecified atom stereocenters. The number of halogens is 3. The first-order valence-electron chi connectivity index (χ1n) is 14.4. The number of furan rings is 1. The predicted molar refractivity (Wildman–Crippen MR) is 172 cm³/mol. The topological polar surface area (TPSA) is 124 Å². The minimum atomic E-state index is -4.61. The van der Waals surface area contributed by atoms with Crippen molar-refractivity contribution in [2.75, 3.05) is 20.0 Å². The molecule has 4 heterocycles. The summed E-state index contributed by atoms with van der Waals surface area (Å²) < 4.78 is 58.7. The summed E-state index contributed by atoms with van der Waals surface area (Å²) in [6.07, 6.45) is -2.85. The molecular formula is C32H27F3N6O5S2. The van der Waals surface area contributed by atoms with Gasteiger partial charge in [-0.05, 0) is 47.8 Å². The number of hydrazone groups is 1. The number of carbonyl (C=O) groups excluding carboxylic acids is 2. The Morgan fingerprint density at radius 1 is 1.06 bits per heavy atom. The summed E-state index contributed by atoms with van der Waals surface area (Å²) in [5, 5.41) is 19.1. The normalized spacial score (nSPS) is 14.6. The minimum Gasteiger partial charge on any atom is -0.493 e. The zero-order valence-corrected chi connectivity index (χ0v) is 27.1. The third-order valence-electron chi connectivity index (χ3n) is 7.37. The standard InChI is InChI=1S/C32H27F3N6O5S2/c1-44-24-10-4-9-21(29(24)45-2)23-16-22(26-12-6-14-47-26)39-41(23)28(42)18-48-31-38-37-27(17-36-30(43)25-11-5-13-46-25)40(31)20-8-3-7-19(15-20)32(33,34)35/h3-15,23H,16-18H2,1-2H3,(H,36,43)/t23-/m0/s1. The fraction of sp³-hybridized carbons (Fsp3) is 0.219. The maximum atomic E-state index is 13.9. The lowest BCUT2D eigenvalue weighted by molar-refractivity contribution is -0.137. The van der Waals surface area contributed by atoms with E-state index < -0.39 is 23.7 Å². The molecule has 0 saturated carbocycles. The molecule has 2 aromatic carbocycles. The van der Waals surface area contributed by atoms with Crippen LogP contribution in [0.15, 0.2) is 93.0 Å². The zero-order valence-electron chi connectivity index (χ0n) is 25.4. The highest BCUT2D eigenvalue weighted by Crippen LogP contribution is 2.42. The minimum absolute atomic E-state index is 0.0515. The number of nitrogens with zero attached hydrogens (tertiary/aromatic N) is 5. The van der Waals surface area contributed by atoms with Gasteiger partial charge in [0.2, 0.25) is 0 Å². The maximum absolute atomic E-state index is 13.9. The van der Waals surface area contributed by atoms with Gasteiger partial charge in [-0.3, -0.25) is 14.2 Å². The lowest BCUT2D eigenvalue weighted by Gasteiger charge is -2.24. The van der Waals surface area contributed by atoms with Crippen LogP contribution in [0.3, 0.4) is 0 Å². The Balaban J connectivity index is 1.30. The van der Waals surface area contributed by atoms with Crippen molar-refractivity contribution in [2.45, 2.75) is 30.3 Å². The summed E-state index contributed by atoms with van der Waals surface area (Å²) in [6, 6.07) is 16.4. The molecule has 0 saturated heterocycles. The van der Waals surface area contributed by atoms with Crippen molar-refractivity contribution in [1.29, 1.82) is 0 Å². The van der Waals surface area contributed by atoms with Crippen LogP contribution < -0.4 is 14.8 Å². The van der Waals surface area contributed by atoms with Gasteiger partial charge >= 0.3 is 6.18 Å². The van der Waals surface area contributed by atoms with Gasteiger partial charge in [0.05, 0.1) is 60.7 Å². The SMILES string of the molecule is COc1cccc([C@@H]2CC(c3cccs3)=NN2C(=O)CSc2nnc(CNC(=O)c3ccco3)n2-c2cccc(C(F)(F)F)c2)c1OC. The Bertz CT molecular complexity index is 1940. The van der Waals surface area contributed by atoms with Crippen LogP contribution in [0.25, 0.3) is 5.69 Å². The van der Waals surface area contributed by atoms with Crippen LogP contribution >= 0.6 is 23.1 Å². The number of thioether (sulfide) groups is 1. The van der Waals surface area contributed by atoms with E-state index in [1.807, 2.05) is 23.6 Å². The molecular weight excluding hydrogens is 670 g/mol. The number of ether oxygens (including phenoxy) is 2. The van der Waals surface area contributed by atoms with E-state index in [9.17, 15) is 22.8 Å². The van der Waals surface area contributed by atoms with Crippen LogP contribution in [-0.4, -0.2) is 57.3 Å². The average molecular weight is 697 g/mol. The molecule has 248 valence electrons. The van der Waals surface area contributed by atoms with Gasteiger partial charge in [-0.2, -0.15) is 18.3 Å². The molecule has 2 amide bonds. The smallest absolute Gasteiger partial charge is 0.416 e. The van der Waals surface area contributed by atoms with Gasteiger partial charge in [0, 0.05) is 12.0 Å². The van der Waals surface area contributed by atoms with E-state index >= 15 is 0 Å². The lowest BCUT2D eigenvalue weighted by atomic mass is 9.99. The number of methoxy groups -OCH3 is 2. The summed E-state index contributed by atoms with van der Waals surface area (Å²) in [7, 11) is 3.05. The molecule has 0 spiro atoms. The summed E-state index contributed by atoms with van der Waals surface area (Å²) in [5.41, 5.74) is 0.645. The van der Waals surface area contributed by atoms with Gasteiger partial charge in [-0.25, -0.2) is 5.01 Å². The molecule has 1 N–H and O–H groups in total. The van der Waals surface area contributed by atoms with E-state index in [1.165, 1.54) is 59.6 Å². The van der Waals surface area contributed by atoms with Crippen LogP contribution in [0.5, 0.6) is 11.5 Å². The van der Waals surface area contributed by atoms with Gasteiger partial charge in [-0.15, -0.1) is 21.5 Å². The molecule has 11 nitrogen and oxygen atoms in total. The number of amides is 2. The quantitative estimate of drug-likeness (QED) is 0.158. The molecule has 0 fully saturated rings. The monoisotopic (exact) mass is 696 g/mol. The Kier molecular flexibility index (Phi) is 9.54. The number of para-hydroxylation sites is 1. The molecule has 0 aliphatic carbocycles. The van der Waals surface area contributed by atoms with Crippen molar-refractivity contribution in [1.82, 2.24) is 25.1 Å². The fourth-order valence-electron chi connectivity index (χ4n) is 5.18. The molecule has 0 radical (unpaired) electrons. The fourth-order valence-corrected chi connectivity index (χ4v) is 6.73. The third-order valence-corrected chi connectivity index (χ3v) is 9.21. The van der Waals surface area contributed by atoms with E-state index in [4.69, 9.17) is 19.0 Å². The van der Waals surface area contributed by atoms with Crippen molar-refractivity contribution in [2.24, 2.45) is 5.10 Å². The first kappa shape index (κ1) is 32.8. The van der Waals surface area contributed by atoms with Crippen molar-refractivity contribution >= 4 is 40.6 Å². The number of nitrogens with one attached hydrogen (secondary N) is 1. The van der Waals surface area contributed by atoms with Gasteiger partial charge in [-0.1, -0.05) is 36.0 Å². The predicted octanol–water partition coefficient (Wildman–Crippen LogP) is 6.36. The highest BCUT2D eigenvalue weighted by atomic mass is 32.2. The number of hydrogen-bond donors (Lipinski definition) is 1. The number of alkyl halides is 3. The number of aromatic nitrogens is 3.